The number of anilines is 1. The van der Waals surface area contributed by atoms with Gasteiger partial charge in [0, 0.05) is 37.4 Å². The lowest BCUT2D eigenvalue weighted by Crippen LogP contribution is -2.23. The number of ether oxygens (including phenoxy) is 2. The summed E-state index contributed by atoms with van der Waals surface area (Å²) in [6.45, 7) is 4.37. The minimum atomic E-state index is -1.15. The molecule has 3 aromatic heterocycles. The molecule has 0 bridgehead atoms. The quantitative estimate of drug-likeness (QED) is 0.533. The van der Waals surface area contributed by atoms with E-state index in [-0.39, 0.29) is 17.7 Å². The summed E-state index contributed by atoms with van der Waals surface area (Å²) in [6.07, 6.45) is 0.593. The molecule has 33 heavy (non-hydrogen) atoms. The normalized spacial score (nSPS) is 20.4. The first kappa shape index (κ1) is 22.8. The fraction of sp³-hybridized carbons (Fsp3) is 0.500. The highest BCUT2D eigenvalue weighted by molar-refractivity contribution is 6.02. The number of hydrogen-bond donors (Lipinski definition) is 2. The zero-order chi connectivity index (χ0) is 23.5. The summed E-state index contributed by atoms with van der Waals surface area (Å²) in [5.74, 6) is 0.467. The van der Waals surface area contributed by atoms with Gasteiger partial charge in [0.15, 0.2) is 5.82 Å². The lowest BCUT2D eigenvalue weighted by molar-refractivity contribution is 0.101. The van der Waals surface area contributed by atoms with Gasteiger partial charge in [-0.05, 0) is 30.9 Å². The largest absolute Gasteiger partial charge is 0.470 e. The molecule has 1 amide bonds. The smallest absolute Gasteiger partial charge is 0.275 e. The number of carbonyl (C=O) groups is 1. The minimum Gasteiger partial charge on any atom is -0.470 e. The number of halogens is 1. The van der Waals surface area contributed by atoms with Crippen molar-refractivity contribution < 1.29 is 18.7 Å². The molecule has 10 nitrogen and oxygen atoms in total. The molecule has 0 aliphatic heterocycles. The Bertz CT molecular complexity index is 1110. The SMILES string of the molecule is COCc1cc(C(=O)Nc2cc([C@@H]3C[C@@H](F)[C@H](Oc4nnccc4C(C)C)C3)[nH]n2)n(C)n1. The van der Waals surface area contributed by atoms with E-state index < -0.39 is 12.3 Å². The van der Waals surface area contributed by atoms with Crippen LogP contribution in [0.1, 0.15) is 66.0 Å². The van der Waals surface area contributed by atoms with Gasteiger partial charge in [-0.3, -0.25) is 14.6 Å². The molecule has 1 saturated carbocycles. The van der Waals surface area contributed by atoms with Crippen molar-refractivity contribution in [1.29, 1.82) is 0 Å². The Balaban J connectivity index is 1.40. The van der Waals surface area contributed by atoms with E-state index in [4.69, 9.17) is 9.47 Å². The average molecular weight is 458 g/mol. The van der Waals surface area contributed by atoms with Crippen LogP contribution < -0.4 is 10.1 Å². The molecule has 0 unspecified atom stereocenters. The van der Waals surface area contributed by atoms with Crippen molar-refractivity contribution in [1.82, 2.24) is 30.2 Å². The molecule has 2 N–H and O–H groups in total. The summed E-state index contributed by atoms with van der Waals surface area (Å²) in [5.41, 5.74) is 2.68. The van der Waals surface area contributed by atoms with E-state index in [1.807, 2.05) is 19.9 Å². The highest BCUT2D eigenvalue weighted by Gasteiger charge is 2.38. The summed E-state index contributed by atoms with van der Waals surface area (Å²) >= 11 is 0. The summed E-state index contributed by atoms with van der Waals surface area (Å²) < 4.78 is 27.3. The molecule has 176 valence electrons. The van der Waals surface area contributed by atoms with Crippen LogP contribution in [-0.2, 0) is 18.4 Å². The van der Waals surface area contributed by atoms with Crippen molar-refractivity contribution in [2.45, 2.75) is 57.4 Å². The van der Waals surface area contributed by atoms with Crippen LogP contribution >= 0.6 is 0 Å². The van der Waals surface area contributed by atoms with Gasteiger partial charge < -0.3 is 14.8 Å². The number of carbonyl (C=O) groups excluding carboxylic acids is 1. The standard InChI is InChI=1S/C22H28FN7O3/c1-12(2)15-5-6-24-28-22(15)33-19-8-13(7-16(19)23)17-10-20(27-26-17)25-21(31)18-9-14(11-32-4)29-30(18)3/h5-6,9-10,12-13,16,19H,7-8,11H2,1-4H3,(H2,25,26,27,31)/t13-,16-,19-/m1/s1. The van der Waals surface area contributed by atoms with E-state index in [0.29, 0.717) is 42.5 Å². The van der Waals surface area contributed by atoms with Crippen LogP contribution in [0.3, 0.4) is 0 Å². The summed E-state index contributed by atoms with van der Waals surface area (Å²) in [6, 6.07) is 5.24. The highest BCUT2D eigenvalue weighted by Crippen LogP contribution is 2.39. The Morgan fingerprint density at radius 2 is 2.18 bits per heavy atom. The minimum absolute atomic E-state index is 0.118. The Hall–Kier alpha value is -3.34. The Morgan fingerprint density at radius 3 is 2.94 bits per heavy atom. The van der Waals surface area contributed by atoms with E-state index >= 15 is 0 Å². The molecule has 0 spiro atoms. The van der Waals surface area contributed by atoms with Gasteiger partial charge in [-0.2, -0.15) is 15.3 Å². The molecule has 11 heteroatoms. The second kappa shape index (κ2) is 9.65. The van der Waals surface area contributed by atoms with E-state index in [2.05, 4.69) is 30.8 Å². The van der Waals surface area contributed by atoms with Gasteiger partial charge in [-0.25, -0.2) is 4.39 Å². The van der Waals surface area contributed by atoms with Crippen molar-refractivity contribution in [3.05, 3.63) is 47.0 Å². The molecule has 1 fully saturated rings. The third-order valence-electron chi connectivity index (χ3n) is 5.77. The maximum atomic E-state index is 14.8. The molecule has 1 aliphatic rings. The monoisotopic (exact) mass is 457 g/mol. The van der Waals surface area contributed by atoms with Crippen molar-refractivity contribution in [3.8, 4) is 5.88 Å². The first-order valence-corrected chi connectivity index (χ1v) is 10.9. The van der Waals surface area contributed by atoms with Gasteiger partial charge in [0.25, 0.3) is 5.91 Å². The number of alkyl halides is 1. The molecule has 0 radical (unpaired) electrons. The number of aromatic nitrogens is 6. The van der Waals surface area contributed by atoms with Crippen LogP contribution in [0.5, 0.6) is 5.88 Å². The number of methoxy groups -OCH3 is 1. The number of nitrogens with zero attached hydrogens (tertiary/aromatic N) is 5. The Labute approximate surface area is 190 Å². The van der Waals surface area contributed by atoms with E-state index in [9.17, 15) is 9.18 Å². The Kier molecular flexibility index (Phi) is 6.68. The molecular formula is C22H28FN7O3. The molecule has 1 aliphatic carbocycles. The number of hydrogen-bond acceptors (Lipinski definition) is 7. The fourth-order valence-electron chi connectivity index (χ4n) is 4.07. The van der Waals surface area contributed by atoms with E-state index in [1.54, 1.807) is 32.5 Å². The number of H-pyrrole nitrogens is 1. The van der Waals surface area contributed by atoms with Gasteiger partial charge in [0.2, 0.25) is 5.88 Å². The van der Waals surface area contributed by atoms with Crippen molar-refractivity contribution in [3.63, 3.8) is 0 Å². The van der Waals surface area contributed by atoms with Gasteiger partial charge in [-0.15, -0.1) is 5.10 Å². The third kappa shape index (κ3) is 5.03. The van der Waals surface area contributed by atoms with E-state index in [0.717, 1.165) is 11.3 Å². The lowest BCUT2D eigenvalue weighted by atomic mass is 10.0. The molecule has 3 atom stereocenters. The second-order valence-corrected chi connectivity index (χ2v) is 8.53. The molecule has 0 aromatic carbocycles. The third-order valence-corrected chi connectivity index (χ3v) is 5.77. The number of nitrogens with one attached hydrogen (secondary N) is 2. The number of aromatic amines is 1. The summed E-state index contributed by atoms with van der Waals surface area (Å²) in [5, 5.41) is 22.0. The maximum absolute atomic E-state index is 14.8. The average Bonchev–Trinajstić information content (AvgIpc) is 3.48. The van der Waals surface area contributed by atoms with E-state index in [1.165, 1.54) is 4.68 Å². The topological polar surface area (TPSA) is 120 Å². The molecule has 0 saturated heterocycles. The molecule has 3 aromatic rings. The zero-order valence-electron chi connectivity index (χ0n) is 19.1. The predicted molar refractivity (Wildman–Crippen MR) is 118 cm³/mol. The number of rotatable bonds is 8. The zero-order valence-corrected chi connectivity index (χ0v) is 19.1. The van der Waals surface area contributed by atoms with Crippen LogP contribution in [0.15, 0.2) is 24.4 Å². The predicted octanol–water partition coefficient (Wildman–Crippen LogP) is 3.12. The number of aryl methyl sites for hydroxylation is 1. The fourth-order valence-corrected chi connectivity index (χ4v) is 4.07. The Morgan fingerprint density at radius 1 is 1.36 bits per heavy atom. The van der Waals surface area contributed by atoms with Crippen LogP contribution in [0, 0.1) is 0 Å². The second-order valence-electron chi connectivity index (χ2n) is 8.53. The van der Waals surface area contributed by atoms with Gasteiger partial charge >= 0.3 is 0 Å². The van der Waals surface area contributed by atoms with Gasteiger partial charge in [-0.1, -0.05) is 13.8 Å². The molecule has 3 heterocycles. The first-order chi connectivity index (χ1) is 15.9. The summed E-state index contributed by atoms with van der Waals surface area (Å²) in [4.78, 5) is 12.6. The first-order valence-electron chi connectivity index (χ1n) is 10.9. The lowest BCUT2D eigenvalue weighted by Gasteiger charge is -2.18. The summed E-state index contributed by atoms with van der Waals surface area (Å²) in [7, 11) is 3.25. The van der Waals surface area contributed by atoms with Gasteiger partial charge in [0.05, 0.1) is 18.5 Å². The van der Waals surface area contributed by atoms with Crippen molar-refractivity contribution in [2.75, 3.05) is 12.4 Å². The van der Waals surface area contributed by atoms with Crippen LogP contribution in [0.25, 0.3) is 0 Å². The molecular weight excluding hydrogens is 429 g/mol. The van der Waals surface area contributed by atoms with Crippen LogP contribution in [0.2, 0.25) is 0 Å². The maximum Gasteiger partial charge on any atom is 0.275 e. The van der Waals surface area contributed by atoms with Crippen LogP contribution in [-0.4, -0.2) is 55.5 Å². The van der Waals surface area contributed by atoms with Crippen LogP contribution in [0.4, 0.5) is 10.2 Å². The van der Waals surface area contributed by atoms with Crippen molar-refractivity contribution in [2.24, 2.45) is 7.05 Å². The highest BCUT2D eigenvalue weighted by atomic mass is 19.1. The van der Waals surface area contributed by atoms with Crippen molar-refractivity contribution >= 4 is 11.7 Å². The van der Waals surface area contributed by atoms with Gasteiger partial charge in [0.1, 0.15) is 18.0 Å². The molecule has 4 rings (SSSR count). The number of amides is 1.